The Bertz CT molecular complexity index is 1170. The lowest BCUT2D eigenvalue weighted by Gasteiger charge is -2.09. The number of benzene rings is 2. The van der Waals surface area contributed by atoms with Crippen LogP contribution in [0.25, 0.3) is 17.0 Å². The lowest BCUT2D eigenvalue weighted by atomic mass is 10.1. The van der Waals surface area contributed by atoms with E-state index in [0.29, 0.717) is 22.7 Å². The Hall–Kier alpha value is -3.26. The summed E-state index contributed by atoms with van der Waals surface area (Å²) in [5.41, 5.74) is 1.68. The van der Waals surface area contributed by atoms with Crippen LogP contribution in [-0.2, 0) is 10.0 Å². The third-order valence-electron chi connectivity index (χ3n) is 3.77. The molecule has 0 unspecified atom stereocenters. The first-order valence-electron chi connectivity index (χ1n) is 7.70. The van der Waals surface area contributed by atoms with Crippen LogP contribution in [0.15, 0.2) is 78.1 Å². The van der Waals surface area contributed by atoms with Crippen LogP contribution in [0.1, 0.15) is 0 Å². The van der Waals surface area contributed by atoms with Crippen molar-refractivity contribution in [3.05, 3.63) is 79.0 Å². The summed E-state index contributed by atoms with van der Waals surface area (Å²) in [5, 5.41) is 0. The summed E-state index contributed by atoms with van der Waals surface area (Å²) in [7, 11) is -4.03. The molecule has 8 heteroatoms. The predicted octanol–water partition coefficient (Wildman–Crippen LogP) is 3.34. The van der Waals surface area contributed by atoms with E-state index in [-0.39, 0.29) is 0 Å². The zero-order chi connectivity index (χ0) is 18.1. The van der Waals surface area contributed by atoms with E-state index < -0.39 is 20.7 Å². The molecule has 0 saturated heterocycles. The van der Waals surface area contributed by atoms with E-state index in [1.54, 1.807) is 41.1 Å². The van der Waals surface area contributed by atoms with Gasteiger partial charge in [-0.05, 0) is 30.3 Å². The van der Waals surface area contributed by atoms with Crippen LogP contribution in [-0.4, -0.2) is 22.8 Å². The predicted molar refractivity (Wildman–Crippen MR) is 95.6 cm³/mol. The van der Waals surface area contributed by atoms with Gasteiger partial charge in [0.15, 0.2) is 0 Å². The molecule has 26 heavy (non-hydrogen) atoms. The number of hydrogen-bond donors (Lipinski definition) is 1. The number of nitrogens with zero attached hydrogens (tertiary/aromatic N) is 3. The molecule has 0 bridgehead atoms. The Morgan fingerprint density at radius 1 is 1.04 bits per heavy atom. The van der Waals surface area contributed by atoms with Crippen LogP contribution >= 0.6 is 0 Å². The number of rotatable bonds is 4. The van der Waals surface area contributed by atoms with Gasteiger partial charge >= 0.3 is 0 Å². The standard InChI is InChI=1S/C18H13FN4O2S/c19-15-7-1-2-8-17(15)26(24,25)22-14-6-3-5-13(11-14)16-12-23-10-4-9-20-18(23)21-16/h1-12,22H. The monoisotopic (exact) mass is 368 g/mol. The highest BCUT2D eigenvalue weighted by molar-refractivity contribution is 7.92. The molecule has 0 radical (unpaired) electrons. The van der Waals surface area contributed by atoms with Gasteiger partial charge in [0.1, 0.15) is 10.7 Å². The van der Waals surface area contributed by atoms with Crippen molar-refractivity contribution < 1.29 is 12.8 Å². The second kappa shape index (κ2) is 6.23. The van der Waals surface area contributed by atoms with Crippen molar-refractivity contribution in [1.82, 2.24) is 14.4 Å². The Labute approximate surface area is 149 Å². The number of imidazole rings is 1. The largest absolute Gasteiger partial charge is 0.291 e. The van der Waals surface area contributed by atoms with Gasteiger partial charge in [-0.25, -0.2) is 22.8 Å². The summed E-state index contributed by atoms with van der Waals surface area (Å²) in [4.78, 5) is 8.16. The van der Waals surface area contributed by atoms with Crippen molar-refractivity contribution in [2.45, 2.75) is 4.90 Å². The van der Waals surface area contributed by atoms with Crippen molar-refractivity contribution in [1.29, 1.82) is 0 Å². The Balaban J connectivity index is 1.69. The summed E-state index contributed by atoms with van der Waals surface area (Å²) in [5.74, 6) is -0.262. The molecule has 4 rings (SSSR count). The van der Waals surface area contributed by atoms with E-state index in [2.05, 4.69) is 14.7 Å². The topological polar surface area (TPSA) is 76.4 Å². The van der Waals surface area contributed by atoms with E-state index in [9.17, 15) is 12.8 Å². The van der Waals surface area contributed by atoms with Gasteiger partial charge in [0.25, 0.3) is 10.0 Å². The molecule has 2 heterocycles. The fourth-order valence-corrected chi connectivity index (χ4v) is 3.71. The first-order valence-corrected chi connectivity index (χ1v) is 9.19. The SMILES string of the molecule is O=S(=O)(Nc1cccc(-c2cn3cccnc3n2)c1)c1ccccc1F. The maximum Gasteiger partial charge on any atom is 0.264 e. The fourth-order valence-electron chi connectivity index (χ4n) is 2.58. The van der Waals surface area contributed by atoms with Crippen LogP contribution in [0.4, 0.5) is 10.1 Å². The van der Waals surface area contributed by atoms with Crippen LogP contribution in [0.3, 0.4) is 0 Å². The van der Waals surface area contributed by atoms with Gasteiger partial charge in [0.2, 0.25) is 5.78 Å². The van der Waals surface area contributed by atoms with Gasteiger partial charge in [0.05, 0.1) is 5.69 Å². The maximum absolute atomic E-state index is 13.8. The maximum atomic E-state index is 13.8. The molecule has 0 aliphatic rings. The van der Waals surface area contributed by atoms with Crippen molar-refractivity contribution >= 4 is 21.5 Å². The fraction of sp³-hybridized carbons (Fsp3) is 0. The number of anilines is 1. The molecule has 1 N–H and O–H groups in total. The molecule has 2 aromatic carbocycles. The number of aromatic nitrogens is 3. The highest BCUT2D eigenvalue weighted by Crippen LogP contribution is 2.24. The smallest absolute Gasteiger partial charge is 0.264 e. The molecule has 130 valence electrons. The van der Waals surface area contributed by atoms with E-state index in [0.717, 1.165) is 6.07 Å². The quantitative estimate of drug-likeness (QED) is 0.599. The van der Waals surface area contributed by atoms with Gasteiger partial charge in [-0.2, -0.15) is 0 Å². The molecule has 2 aromatic heterocycles. The van der Waals surface area contributed by atoms with E-state index in [4.69, 9.17) is 0 Å². The minimum atomic E-state index is -4.03. The molecule has 6 nitrogen and oxygen atoms in total. The van der Waals surface area contributed by atoms with Crippen LogP contribution in [0, 0.1) is 5.82 Å². The van der Waals surface area contributed by atoms with Crippen LogP contribution in [0.5, 0.6) is 0 Å². The zero-order valence-electron chi connectivity index (χ0n) is 13.4. The minimum absolute atomic E-state index is 0.316. The van der Waals surface area contributed by atoms with Crippen molar-refractivity contribution in [3.63, 3.8) is 0 Å². The number of nitrogens with one attached hydrogen (secondary N) is 1. The van der Waals surface area contributed by atoms with E-state index in [1.807, 2.05) is 12.3 Å². The summed E-state index contributed by atoms with van der Waals surface area (Å²) >= 11 is 0. The van der Waals surface area contributed by atoms with Crippen LogP contribution in [0.2, 0.25) is 0 Å². The molecular formula is C18H13FN4O2S. The van der Waals surface area contributed by atoms with Gasteiger partial charge < -0.3 is 0 Å². The highest BCUT2D eigenvalue weighted by atomic mass is 32.2. The molecule has 0 fully saturated rings. The minimum Gasteiger partial charge on any atom is -0.291 e. The first-order chi connectivity index (χ1) is 12.5. The Kier molecular flexibility index (Phi) is 3.89. The third kappa shape index (κ3) is 3.02. The summed E-state index contributed by atoms with van der Waals surface area (Å²) in [6.45, 7) is 0. The first kappa shape index (κ1) is 16.2. The van der Waals surface area contributed by atoms with Gasteiger partial charge in [-0.3, -0.25) is 9.12 Å². The molecule has 0 aliphatic carbocycles. The molecule has 0 spiro atoms. The van der Waals surface area contributed by atoms with Crippen LogP contribution < -0.4 is 4.72 Å². The van der Waals surface area contributed by atoms with Gasteiger partial charge in [-0.1, -0.05) is 24.3 Å². The highest BCUT2D eigenvalue weighted by Gasteiger charge is 2.18. The third-order valence-corrected chi connectivity index (χ3v) is 5.19. The Morgan fingerprint density at radius 3 is 2.69 bits per heavy atom. The van der Waals surface area contributed by atoms with Crippen molar-refractivity contribution in [3.8, 4) is 11.3 Å². The second-order valence-corrected chi connectivity index (χ2v) is 7.22. The lowest BCUT2D eigenvalue weighted by Crippen LogP contribution is -2.14. The summed E-state index contributed by atoms with van der Waals surface area (Å²) in [6.07, 6.45) is 5.27. The molecule has 0 saturated carbocycles. The number of sulfonamides is 1. The number of hydrogen-bond acceptors (Lipinski definition) is 4. The second-order valence-electron chi connectivity index (χ2n) is 5.57. The Morgan fingerprint density at radius 2 is 1.88 bits per heavy atom. The summed E-state index contributed by atoms with van der Waals surface area (Å²) < 4.78 is 42.8. The average molecular weight is 368 g/mol. The number of fused-ring (bicyclic) bond motifs is 1. The van der Waals surface area contributed by atoms with E-state index >= 15 is 0 Å². The van der Waals surface area contributed by atoms with E-state index in [1.165, 1.54) is 18.2 Å². The number of halogens is 1. The van der Waals surface area contributed by atoms with Crippen molar-refractivity contribution in [2.24, 2.45) is 0 Å². The lowest BCUT2D eigenvalue weighted by molar-refractivity contribution is 0.570. The normalized spacial score (nSPS) is 11.6. The van der Waals surface area contributed by atoms with Crippen molar-refractivity contribution in [2.75, 3.05) is 4.72 Å². The molecule has 0 aliphatic heterocycles. The molecule has 0 amide bonds. The molecular weight excluding hydrogens is 355 g/mol. The van der Waals surface area contributed by atoms with Gasteiger partial charge in [0, 0.05) is 29.8 Å². The van der Waals surface area contributed by atoms with Gasteiger partial charge in [-0.15, -0.1) is 0 Å². The molecule has 0 atom stereocenters. The summed E-state index contributed by atoms with van der Waals surface area (Å²) in [6, 6.07) is 13.8. The zero-order valence-corrected chi connectivity index (χ0v) is 14.2. The molecule has 4 aromatic rings. The average Bonchev–Trinajstić information content (AvgIpc) is 3.06.